The summed E-state index contributed by atoms with van der Waals surface area (Å²) in [6.07, 6.45) is 2.23. The highest BCUT2D eigenvalue weighted by molar-refractivity contribution is 6.34. The second kappa shape index (κ2) is 5.66. The predicted octanol–water partition coefficient (Wildman–Crippen LogP) is 3.57. The molecule has 3 nitrogen and oxygen atoms in total. The number of hydrogen-bond donors (Lipinski definition) is 1. The Bertz CT molecular complexity index is 439. The molecule has 0 amide bonds. The van der Waals surface area contributed by atoms with Crippen molar-refractivity contribution in [2.24, 2.45) is 5.73 Å². The molecular weight excluding hydrogens is 273 g/mol. The normalized spacial score (nSPS) is 25.2. The van der Waals surface area contributed by atoms with Gasteiger partial charge in [0.15, 0.2) is 0 Å². The fourth-order valence-corrected chi connectivity index (χ4v) is 2.78. The van der Waals surface area contributed by atoms with Crippen LogP contribution in [0.4, 0.5) is 0 Å². The minimum Gasteiger partial charge on any atom is -0.495 e. The number of hydrogen-bond acceptors (Lipinski definition) is 3. The third-order valence-electron chi connectivity index (χ3n) is 3.30. The van der Waals surface area contributed by atoms with E-state index in [1.165, 1.54) is 0 Å². The van der Waals surface area contributed by atoms with Crippen LogP contribution in [0, 0.1) is 0 Å². The number of benzene rings is 1. The summed E-state index contributed by atoms with van der Waals surface area (Å²) >= 11 is 12.3. The van der Waals surface area contributed by atoms with E-state index in [-0.39, 0.29) is 18.2 Å². The van der Waals surface area contributed by atoms with Crippen LogP contribution in [-0.2, 0) is 4.74 Å². The van der Waals surface area contributed by atoms with Crippen LogP contribution in [0.1, 0.15) is 31.4 Å². The number of rotatable bonds is 3. The molecule has 1 aromatic rings. The van der Waals surface area contributed by atoms with Gasteiger partial charge in [-0.3, -0.25) is 0 Å². The summed E-state index contributed by atoms with van der Waals surface area (Å²) in [5.74, 6) is 0.554. The highest BCUT2D eigenvalue weighted by Crippen LogP contribution is 2.37. The molecular formula is C13H17Cl2NO2. The Morgan fingerprint density at radius 3 is 2.61 bits per heavy atom. The van der Waals surface area contributed by atoms with Crippen molar-refractivity contribution in [3.05, 3.63) is 27.7 Å². The van der Waals surface area contributed by atoms with Gasteiger partial charge in [-0.25, -0.2) is 0 Å². The summed E-state index contributed by atoms with van der Waals surface area (Å²) in [6, 6.07) is 3.20. The molecule has 2 rings (SSSR count). The van der Waals surface area contributed by atoms with Crippen LogP contribution in [-0.4, -0.2) is 19.3 Å². The van der Waals surface area contributed by atoms with Gasteiger partial charge in [-0.05, 0) is 31.4 Å². The average Bonchev–Trinajstić information content (AvgIpc) is 2.77. The molecule has 0 aliphatic carbocycles. The van der Waals surface area contributed by atoms with Crippen molar-refractivity contribution in [1.82, 2.24) is 0 Å². The summed E-state index contributed by atoms with van der Waals surface area (Å²) in [6.45, 7) is 2.05. The zero-order valence-corrected chi connectivity index (χ0v) is 12.0. The van der Waals surface area contributed by atoms with Crippen molar-refractivity contribution < 1.29 is 9.47 Å². The molecule has 1 heterocycles. The molecule has 0 aromatic heterocycles. The number of halogens is 2. The standard InChI is InChI=1S/C13H17Cl2NO2/c1-7-3-4-11(18-7)13(16)8-5-10(15)12(17-2)6-9(8)14/h5-7,11,13H,3-4,16H2,1-2H3. The molecule has 3 atom stereocenters. The van der Waals surface area contributed by atoms with Crippen LogP contribution in [0.25, 0.3) is 0 Å². The Balaban J connectivity index is 2.25. The summed E-state index contributed by atoms with van der Waals surface area (Å²) in [5.41, 5.74) is 7.02. The van der Waals surface area contributed by atoms with E-state index in [1.54, 1.807) is 19.2 Å². The minimum atomic E-state index is -0.258. The molecule has 3 unspecified atom stereocenters. The topological polar surface area (TPSA) is 44.5 Å². The number of methoxy groups -OCH3 is 1. The van der Waals surface area contributed by atoms with E-state index in [0.29, 0.717) is 15.8 Å². The number of nitrogens with two attached hydrogens (primary N) is 1. The first-order valence-corrected chi connectivity index (χ1v) is 6.72. The first kappa shape index (κ1) is 13.9. The molecule has 1 aliphatic rings. The molecule has 1 saturated heterocycles. The van der Waals surface area contributed by atoms with Gasteiger partial charge in [0.05, 0.1) is 30.4 Å². The molecule has 5 heteroatoms. The SMILES string of the molecule is COc1cc(Cl)c(C(N)C2CCC(C)O2)cc1Cl. The lowest BCUT2D eigenvalue weighted by atomic mass is 10.00. The Kier molecular flexibility index (Phi) is 4.38. The van der Waals surface area contributed by atoms with Crippen molar-refractivity contribution in [1.29, 1.82) is 0 Å². The fourth-order valence-electron chi connectivity index (χ4n) is 2.25. The summed E-state index contributed by atoms with van der Waals surface area (Å²) in [5, 5.41) is 1.07. The van der Waals surface area contributed by atoms with E-state index >= 15 is 0 Å². The van der Waals surface area contributed by atoms with E-state index < -0.39 is 0 Å². The van der Waals surface area contributed by atoms with Crippen LogP contribution >= 0.6 is 23.2 Å². The lowest BCUT2D eigenvalue weighted by molar-refractivity contribution is 0.0401. The highest BCUT2D eigenvalue weighted by Gasteiger charge is 2.29. The second-order valence-electron chi connectivity index (χ2n) is 4.60. The van der Waals surface area contributed by atoms with Crippen molar-refractivity contribution in [3.63, 3.8) is 0 Å². The molecule has 0 radical (unpaired) electrons. The van der Waals surface area contributed by atoms with Crippen LogP contribution in [0.3, 0.4) is 0 Å². The maximum absolute atomic E-state index is 6.22. The first-order valence-electron chi connectivity index (χ1n) is 5.97. The van der Waals surface area contributed by atoms with E-state index in [9.17, 15) is 0 Å². The zero-order valence-electron chi connectivity index (χ0n) is 10.5. The van der Waals surface area contributed by atoms with Crippen molar-refractivity contribution in [2.75, 3.05) is 7.11 Å². The monoisotopic (exact) mass is 289 g/mol. The molecule has 0 saturated carbocycles. The van der Waals surface area contributed by atoms with Crippen molar-refractivity contribution >= 4 is 23.2 Å². The van der Waals surface area contributed by atoms with Gasteiger partial charge in [-0.15, -0.1) is 0 Å². The third-order valence-corrected chi connectivity index (χ3v) is 3.92. The van der Waals surface area contributed by atoms with Crippen LogP contribution in [0.2, 0.25) is 10.0 Å². The van der Waals surface area contributed by atoms with Gasteiger partial charge in [0.25, 0.3) is 0 Å². The van der Waals surface area contributed by atoms with E-state index in [1.807, 2.05) is 0 Å². The lowest BCUT2D eigenvalue weighted by Crippen LogP contribution is -2.26. The molecule has 0 spiro atoms. The summed E-state index contributed by atoms with van der Waals surface area (Å²) in [4.78, 5) is 0. The molecule has 1 aromatic carbocycles. The minimum absolute atomic E-state index is 0.00182. The van der Waals surface area contributed by atoms with Gasteiger partial charge in [0.1, 0.15) is 5.75 Å². The molecule has 1 fully saturated rings. The third kappa shape index (κ3) is 2.75. The molecule has 0 bridgehead atoms. The smallest absolute Gasteiger partial charge is 0.138 e. The van der Waals surface area contributed by atoms with Crippen molar-refractivity contribution in [2.45, 2.75) is 38.0 Å². The second-order valence-corrected chi connectivity index (χ2v) is 5.41. The summed E-state index contributed by atoms with van der Waals surface area (Å²) in [7, 11) is 1.55. The highest BCUT2D eigenvalue weighted by atomic mass is 35.5. The quantitative estimate of drug-likeness (QED) is 0.925. The maximum atomic E-state index is 6.22. The molecule has 18 heavy (non-hydrogen) atoms. The fraction of sp³-hybridized carbons (Fsp3) is 0.538. The van der Waals surface area contributed by atoms with Crippen molar-refractivity contribution in [3.8, 4) is 5.75 Å². The van der Waals surface area contributed by atoms with Gasteiger partial charge >= 0.3 is 0 Å². The lowest BCUT2D eigenvalue weighted by Gasteiger charge is -2.21. The predicted molar refractivity (Wildman–Crippen MR) is 73.5 cm³/mol. The number of ether oxygens (including phenoxy) is 2. The Labute approximate surface area is 117 Å². The van der Waals surface area contributed by atoms with Gasteiger partial charge in [0, 0.05) is 11.1 Å². The molecule has 100 valence electrons. The maximum Gasteiger partial charge on any atom is 0.138 e. The van der Waals surface area contributed by atoms with Gasteiger partial charge in [0.2, 0.25) is 0 Å². The van der Waals surface area contributed by atoms with E-state index in [0.717, 1.165) is 18.4 Å². The zero-order chi connectivity index (χ0) is 13.3. The summed E-state index contributed by atoms with van der Waals surface area (Å²) < 4.78 is 10.9. The first-order chi connectivity index (χ1) is 8.52. The van der Waals surface area contributed by atoms with Crippen LogP contribution in [0.15, 0.2) is 12.1 Å². The largest absolute Gasteiger partial charge is 0.495 e. The van der Waals surface area contributed by atoms with Gasteiger partial charge < -0.3 is 15.2 Å². The van der Waals surface area contributed by atoms with E-state index in [2.05, 4.69) is 6.92 Å². The van der Waals surface area contributed by atoms with Gasteiger partial charge in [-0.2, -0.15) is 0 Å². The van der Waals surface area contributed by atoms with E-state index in [4.69, 9.17) is 38.4 Å². The Morgan fingerprint density at radius 1 is 1.33 bits per heavy atom. The molecule has 2 N–H and O–H groups in total. The Hall–Kier alpha value is -0.480. The van der Waals surface area contributed by atoms with Gasteiger partial charge in [-0.1, -0.05) is 23.2 Å². The average molecular weight is 290 g/mol. The molecule has 1 aliphatic heterocycles. The van der Waals surface area contributed by atoms with Crippen LogP contribution in [0.5, 0.6) is 5.75 Å². The Morgan fingerprint density at radius 2 is 2.06 bits per heavy atom. The van der Waals surface area contributed by atoms with Crippen LogP contribution < -0.4 is 10.5 Å².